The first kappa shape index (κ1) is 15.0. The number of rotatable bonds is 6. The average molecular weight is 290 g/mol. The first-order valence-corrected chi connectivity index (χ1v) is 6.32. The highest BCUT2D eigenvalue weighted by molar-refractivity contribution is 5.87. The fourth-order valence-electron chi connectivity index (χ4n) is 1.84. The molecule has 0 saturated carbocycles. The minimum Gasteiger partial charge on any atom is -0.497 e. The molecule has 0 heterocycles. The van der Waals surface area contributed by atoms with Gasteiger partial charge in [-0.2, -0.15) is 0 Å². The van der Waals surface area contributed by atoms with Crippen LogP contribution in [0.25, 0.3) is 0 Å². The summed E-state index contributed by atoms with van der Waals surface area (Å²) in [6.07, 6.45) is 0. The molecule has 4 nitrogen and oxygen atoms in total. The maximum atomic E-state index is 13.7. The van der Waals surface area contributed by atoms with Crippen LogP contribution in [0.15, 0.2) is 42.5 Å². The number of carbonyl (C=O) groups is 1. The summed E-state index contributed by atoms with van der Waals surface area (Å²) in [6, 6.07) is 11.2. The van der Waals surface area contributed by atoms with Crippen LogP contribution in [0.5, 0.6) is 5.75 Å². The molecule has 21 heavy (non-hydrogen) atoms. The first-order chi connectivity index (χ1) is 10.1. The molecule has 110 valence electrons. The fraction of sp³-hybridized carbons (Fsp3) is 0.188. The van der Waals surface area contributed by atoms with E-state index in [9.17, 15) is 9.18 Å². The zero-order valence-electron chi connectivity index (χ0n) is 11.5. The zero-order valence-corrected chi connectivity index (χ0v) is 11.5. The lowest BCUT2D eigenvalue weighted by atomic mass is 10.1. The van der Waals surface area contributed by atoms with Crippen LogP contribution in [-0.4, -0.2) is 18.2 Å². The minimum atomic E-state index is -1.15. The number of hydrogen-bond acceptors (Lipinski definition) is 3. The number of methoxy groups -OCH3 is 1. The van der Waals surface area contributed by atoms with Crippen LogP contribution in [0.1, 0.15) is 21.5 Å². The Kier molecular flexibility index (Phi) is 4.90. The molecule has 0 aliphatic carbocycles. The summed E-state index contributed by atoms with van der Waals surface area (Å²) in [5.74, 6) is -1.01. The maximum absolute atomic E-state index is 13.7. The molecule has 2 rings (SSSR count). The van der Waals surface area contributed by atoms with Crippen molar-refractivity contribution in [3.63, 3.8) is 0 Å². The molecular weight excluding hydrogens is 275 g/mol. The van der Waals surface area contributed by atoms with Gasteiger partial charge in [-0.1, -0.05) is 18.2 Å². The average Bonchev–Trinajstić information content (AvgIpc) is 2.49. The second kappa shape index (κ2) is 6.85. The molecule has 0 aliphatic heterocycles. The van der Waals surface area contributed by atoms with Crippen LogP contribution >= 0.6 is 0 Å². The van der Waals surface area contributed by atoms with E-state index in [1.807, 2.05) is 24.3 Å². The van der Waals surface area contributed by atoms with Crippen molar-refractivity contribution in [3.8, 4) is 5.75 Å². The monoisotopic (exact) mass is 290 g/mol. The quantitative estimate of drug-likeness (QED) is 0.887. The van der Waals surface area contributed by atoms with Crippen LogP contribution in [0, 0.1) is 5.82 Å². The molecule has 1 N–H and O–H groups in total. The molecule has 0 aromatic heterocycles. The third-order valence-electron chi connectivity index (χ3n) is 2.96. The van der Waals surface area contributed by atoms with Gasteiger partial charge in [-0.3, -0.25) is 0 Å². The molecule has 0 saturated heterocycles. The molecule has 0 bridgehead atoms. The Morgan fingerprint density at radius 3 is 2.67 bits per heavy atom. The lowest BCUT2D eigenvalue weighted by molar-refractivity contribution is 0.0695. The van der Waals surface area contributed by atoms with Crippen LogP contribution in [0.3, 0.4) is 0 Å². The first-order valence-electron chi connectivity index (χ1n) is 6.32. The molecule has 0 amide bonds. The molecule has 0 fully saturated rings. The highest BCUT2D eigenvalue weighted by Gasteiger charge is 2.08. The number of carboxylic acid groups (broad SMARTS) is 1. The molecular formula is C16H15FO4. The molecule has 2 aromatic carbocycles. The van der Waals surface area contributed by atoms with E-state index in [1.165, 1.54) is 12.1 Å². The van der Waals surface area contributed by atoms with Crippen molar-refractivity contribution in [2.24, 2.45) is 0 Å². The van der Waals surface area contributed by atoms with E-state index >= 15 is 0 Å². The SMILES string of the molecule is COc1cccc(COCc2ccc(C(=O)O)cc2F)c1. The van der Waals surface area contributed by atoms with Gasteiger partial charge < -0.3 is 14.6 Å². The Morgan fingerprint density at radius 2 is 2.00 bits per heavy atom. The fourth-order valence-corrected chi connectivity index (χ4v) is 1.84. The Balaban J connectivity index is 1.95. The van der Waals surface area contributed by atoms with Gasteiger partial charge in [0.15, 0.2) is 0 Å². The van der Waals surface area contributed by atoms with Crippen molar-refractivity contribution >= 4 is 5.97 Å². The molecule has 2 aromatic rings. The summed E-state index contributed by atoms with van der Waals surface area (Å²) >= 11 is 0. The highest BCUT2D eigenvalue weighted by Crippen LogP contribution is 2.15. The molecule has 0 radical (unpaired) electrons. The third-order valence-corrected chi connectivity index (χ3v) is 2.96. The van der Waals surface area contributed by atoms with E-state index in [0.717, 1.165) is 17.4 Å². The van der Waals surface area contributed by atoms with E-state index in [2.05, 4.69) is 0 Å². The summed E-state index contributed by atoms with van der Waals surface area (Å²) in [6.45, 7) is 0.389. The van der Waals surface area contributed by atoms with E-state index in [1.54, 1.807) is 7.11 Å². The Labute approximate surface area is 121 Å². The Hall–Kier alpha value is -2.40. The summed E-state index contributed by atoms with van der Waals surface area (Å²) in [5, 5.41) is 8.76. The van der Waals surface area contributed by atoms with Gasteiger partial charge in [-0.25, -0.2) is 9.18 Å². The molecule has 0 aliphatic rings. The van der Waals surface area contributed by atoms with Crippen molar-refractivity contribution in [1.29, 1.82) is 0 Å². The van der Waals surface area contributed by atoms with E-state index < -0.39 is 11.8 Å². The highest BCUT2D eigenvalue weighted by atomic mass is 19.1. The van der Waals surface area contributed by atoms with Crippen molar-refractivity contribution in [1.82, 2.24) is 0 Å². The van der Waals surface area contributed by atoms with Crippen LogP contribution in [0.2, 0.25) is 0 Å². The standard InChI is InChI=1S/C16H15FO4/c1-20-14-4-2-3-11(7-14)9-21-10-13-6-5-12(16(18)19)8-15(13)17/h2-8H,9-10H2,1H3,(H,18,19). The summed E-state index contributed by atoms with van der Waals surface area (Å²) in [4.78, 5) is 10.7. The smallest absolute Gasteiger partial charge is 0.335 e. The number of halogens is 1. The van der Waals surface area contributed by atoms with Crippen LogP contribution < -0.4 is 4.74 Å². The minimum absolute atomic E-state index is 0.0724. The van der Waals surface area contributed by atoms with Gasteiger partial charge in [-0.05, 0) is 29.8 Å². The second-order valence-electron chi connectivity index (χ2n) is 4.46. The predicted molar refractivity (Wildman–Crippen MR) is 74.8 cm³/mol. The van der Waals surface area contributed by atoms with Crippen molar-refractivity contribution in [2.45, 2.75) is 13.2 Å². The number of ether oxygens (including phenoxy) is 2. The van der Waals surface area contributed by atoms with Crippen LogP contribution in [-0.2, 0) is 18.0 Å². The maximum Gasteiger partial charge on any atom is 0.335 e. The van der Waals surface area contributed by atoms with Gasteiger partial charge in [0.1, 0.15) is 11.6 Å². The van der Waals surface area contributed by atoms with Crippen molar-refractivity contribution < 1.29 is 23.8 Å². The largest absolute Gasteiger partial charge is 0.497 e. The van der Waals surface area contributed by atoms with Crippen LogP contribution in [0.4, 0.5) is 4.39 Å². The van der Waals surface area contributed by atoms with Gasteiger partial charge in [0.2, 0.25) is 0 Å². The second-order valence-corrected chi connectivity index (χ2v) is 4.46. The topological polar surface area (TPSA) is 55.8 Å². The lowest BCUT2D eigenvalue weighted by Gasteiger charge is -2.07. The number of hydrogen-bond donors (Lipinski definition) is 1. The third kappa shape index (κ3) is 4.03. The van der Waals surface area contributed by atoms with E-state index in [0.29, 0.717) is 12.2 Å². The van der Waals surface area contributed by atoms with Gasteiger partial charge >= 0.3 is 5.97 Å². The molecule has 0 spiro atoms. The summed E-state index contributed by atoms with van der Waals surface area (Å²) < 4.78 is 24.2. The van der Waals surface area contributed by atoms with Crippen molar-refractivity contribution in [3.05, 3.63) is 65.0 Å². The zero-order chi connectivity index (χ0) is 15.2. The summed E-state index contributed by atoms with van der Waals surface area (Å²) in [7, 11) is 1.58. The lowest BCUT2D eigenvalue weighted by Crippen LogP contribution is -2.01. The predicted octanol–water partition coefficient (Wildman–Crippen LogP) is 3.25. The summed E-state index contributed by atoms with van der Waals surface area (Å²) in [5.41, 5.74) is 1.16. The number of aromatic carboxylic acids is 1. The Bertz CT molecular complexity index is 640. The Morgan fingerprint density at radius 1 is 1.19 bits per heavy atom. The van der Waals surface area contributed by atoms with Gasteiger partial charge in [0.25, 0.3) is 0 Å². The van der Waals surface area contributed by atoms with E-state index in [4.69, 9.17) is 14.6 Å². The molecule has 0 atom stereocenters. The van der Waals surface area contributed by atoms with Gasteiger partial charge in [0, 0.05) is 5.56 Å². The number of benzene rings is 2. The van der Waals surface area contributed by atoms with E-state index in [-0.39, 0.29) is 12.2 Å². The van der Waals surface area contributed by atoms with Gasteiger partial charge in [-0.15, -0.1) is 0 Å². The molecule has 5 heteroatoms. The molecule has 0 unspecified atom stereocenters. The normalized spacial score (nSPS) is 10.4. The van der Waals surface area contributed by atoms with Gasteiger partial charge in [0.05, 0.1) is 25.9 Å². The van der Waals surface area contributed by atoms with Crippen molar-refractivity contribution in [2.75, 3.05) is 7.11 Å². The number of carboxylic acids is 1.